The van der Waals surface area contributed by atoms with Crippen molar-refractivity contribution in [3.8, 4) is 0 Å². The number of aromatic nitrogens is 4. The van der Waals surface area contributed by atoms with Gasteiger partial charge < -0.3 is 16.4 Å². The molecule has 0 bridgehead atoms. The summed E-state index contributed by atoms with van der Waals surface area (Å²) in [6.07, 6.45) is 7.13. The lowest BCUT2D eigenvalue weighted by Gasteiger charge is -2.23. The Hall–Kier alpha value is -2.00. The van der Waals surface area contributed by atoms with Crippen molar-refractivity contribution in [2.45, 2.75) is 44.7 Å². The van der Waals surface area contributed by atoms with Crippen molar-refractivity contribution in [3.63, 3.8) is 0 Å². The van der Waals surface area contributed by atoms with Gasteiger partial charge in [-0.25, -0.2) is 4.98 Å². The second-order valence-corrected chi connectivity index (χ2v) is 6.88. The van der Waals surface area contributed by atoms with Gasteiger partial charge in [0.2, 0.25) is 0 Å². The summed E-state index contributed by atoms with van der Waals surface area (Å²) in [6.45, 7) is 2.37. The van der Waals surface area contributed by atoms with Crippen molar-refractivity contribution >= 4 is 22.4 Å². The van der Waals surface area contributed by atoms with Crippen molar-refractivity contribution < 1.29 is 4.79 Å². The van der Waals surface area contributed by atoms with E-state index in [1.54, 1.807) is 10.9 Å². The van der Waals surface area contributed by atoms with Crippen LogP contribution in [0.4, 0.5) is 5.13 Å². The SMILES string of the molecule is Nc1nc(CCNC(=O)c2cn(CC[C@H]3CCCCN3)nn2)cs1. The summed E-state index contributed by atoms with van der Waals surface area (Å²) in [5.74, 6) is -0.208. The van der Waals surface area contributed by atoms with E-state index in [0.29, 0.717) is 29.8 Å². The van der Waals surface area contributed by atoms with Crippen molar-refractivity contribution in [2.75, 3.05) is 18.8 Å². The standard InChI is InChI=1S/C15H23N7OS/c16-15-19-12(10-24-15)4-7-18-14(23)13-9-22(21-20-13)8-5-11-3-1-2-6-17-11/h9-11,17H,1-8H2,(H2,16,19)(H,18,23)/t11-/m1/s1. The van der Waals surface area contributed by atoms with E-state index in [1.165, 1.54) is 30.6 Å². The molecule has 1 saturated heterocycles. The molecule has 0 aromatic carbocycles. The summed E-state index contributed by atoms with van der Waals surface area (Å²) in [5.41, 5.74) is 6.82. The second kappa shape index (κ2) is 8.20. The average Bonchev–Trinajstić information content (AvgIpc) is 3.23. The lowest BCUT2D eigenvalue weighted by Crippen LogP contribution is -2.34. The van der Waals surface area contributed by atoms with Gasteiger partial charge in [-0.1, -0.05) is 11.6 Å². The zero-order chi connectivity index (χ0) is 16.8. The van der Waals surface area contributed by atoms with Crippen LogP contribution < -0.4 is 16.4 Å². The van der Waals surface area contributed by atoms with E-state index < -0.39 is 0 Å². The van der Waals surface area contributed by atoms with Crippen molar-refractivity contribution in [1.29, 1.82) is 0 Å². The summed E-state index contributed by atoms with van der Waals surface area (Å²) in [4.78, 5) is 16.2. The van der Waals surface area contributed by atoms with Crippen LogP contribution in [0.1, 0.15) is 41.9 Å². The van der Waals surface area contributed by atoms with Crippen molar-refractivity contribution in [3.05, 3.63) is 23.0 Å². The van der Waals surface area contributed by atoms with Crippen molar-refractivity contribution in [1.82, 2.24) is 30.6 Å². The minimum atomic E-state index is -0.208. The smallest absolute Gasteiger partial charge is 0.273 e. The quantitative estimate of drug-likeness (QED) is 0.682. The minimum Gasteiger partial charge on any atom is -0.375 e. The van der Waals surface area contributed by atoms with Gasteiger partial charge in [-0.15, -0.1) is 16.4 Å². The Kier molecular flexibility index (Phi) is 5.76. The summed E-state index contributed by atoms with van der Waals surface area (Å²) in [6, 6.07) is 0.547. The van der Waals surface area contributed by atoms with Crippen LogP contribution in [0.2, 0.25) is 0 Å². The van der Waals surface area contributed by atoms with E-state index in [2.05, 4.69) is 25.9 Å². The molecule has 1 fully saturated rings. The highest BCUT2D eigenvalue weighted by Gasteiger charge is 2.14. The normalized spacial score (nSPS) is 17.8. The van der Waals surface area contributed by atoms with Crippen LogP contribution in [0.5, 0.6) is 0 Å². The number of amides is 1. The van der Waals surface area contributed by atoms with Crippen LogP contribution in [0, 0.1) is 0 Å². The van der Waals surface area contributed by atoms with Crippen LogP contribution in [0.25, 0.3) is 0 Å². The van der Waals surface area contributed by atoms with Crippen molar-refractivity contribution in [2.24, 2.45) is 0 Å². The number of hydrogen-bond donors (Lipinski definition) is 3. The molecule has 0 unspecified atom stereocenters. The molecule has 1 aliphatic heterocycles. The van der Waals surface area contributed by atoms with Gasteiger partial charge in [-0.3, -0.25) is 9.48 Å². The van der Waals surface area contributed by atoms with E-state index >= 15 is 0 Å². The number of carbonyl (C=O) groups excluding carboxylic acids is 1. The third-order valence-electron chi connectivity index (χ3n) is 4.13. The molecule has 0 radical (unpaired) electrons. The minimum absolute atomic E-state index is 0.208. The third-order valence-corrected chi connectivity index (χ3v) is 4.85. The molecule has 3 rings (SSSR count). The van der Waals surface area contributed by atoms with Gasteiger partial charge in [0.15, 0.2) is 10.8 Å². The molecule has 130 valence electrons. The molecule has 24 heavy (non-hydrogen) atoms. The number of thiazole rings is 1. The molecule has 0 aliphatic carbocycles. The van der Waals surface area contributed by atoms with Crippen LogP contribution in [0.15, 0.2) is 11.6 Å². The highest BCUT2D eigenvalue weighted by atomic mass is 32.1. The number of rotatable bonds is 7. The number of nitrogens with zero attached hydrogens (tertiary/aromatic N) is 4. The van der Waals surface area contributed by atoms with Crippen LogP contribution >= 0.6 is 11.3 Å². The monoisotopic (exact) mass is 349 g/mol. The first kappa shape index (κ1) is 16.8. The zero-order valence-electron chi connectivity index (χ0n) is 13.6. The summed E-state index contributed by atoms with van der Waals surface area (Å²) < 4.78 is 1.74. The summed E-state index contributed by atoms with van der Waals surface area (Å²) in [5, 5.41) is 16.8. The van der Waals surface area contributed by atoms with Gasteiger partial charge in [-0.2, -0.15) is 0 Å². The van der Waals surface area contributed by atoms with Gasteiger partial charge in [0.25, 0.3) is 5.91 Å². The van der Waals surface area contributed by atoms with Gasteiger partial charge >= 0.3 is 0 Å². The fourth-order valence-corrected chi connectivity index (χ4v) is 3.40. The Morgan fingerprint density at radius 3 is 3.17 bits per heavy atom. The first-order valence-electron chi connectivity index (χ1n) is 8.32. The molecular formula is C15H23N7OS. The number of anilines is 1. The van der Waals surface area contributed by atoms with Crippen LogP contribution in [-0.2, 0) is 13.0 Å². The maximum atomic E-state index is 12.1. The second-order valence-electron chi connectivity index (χ2n) is 5.99. The number of nitrogen functional groups attached to an aromatic ring is 1. The Morgan fingerprint density at radius 2 is 2.42 bits per heavy atom. The lowest BCUT2D eigenvalue weighted by molar-refractivity contribution is 0.0949. The number of nitrogens with two attached hydrogens (primary N) is 1. The Labute approximate surface area is 144 Å². The predicted octanol–water partition coefficient (Wildman–Crippen LogP) is 0.821. The maximum absolute atomic E-state index is 12.1. The van der Waals surface area contributed by atoms with Gasteiger partial charge in [-0.05, 0) is 25.8 Å². The van der Waals surface area contributed by atoms with E-state index in [0.717, 1.165) is 25.2 Å². The Bertz CT molecular complexity index is 662. The van der Waals surface area contributed by atoms with Gasteiger partial charge in [0.1, 0.15) is 0 Å². The number of piperidine rings is 1. The van der Waals surface area contributed by atoms with E-state index in [9.17, 15) is 4.79 Å². The predicted molar refractivity (Wildman–Crippen MR) is 92.8 cm³/mol. The molecule has 2 aromatic heterocycles. The first-order valence-corrected chi connectivity index (χ1v) is 9.20. The van der Waals surface area contributed by atoms with Gasteiger partial charge in [0.05, 0.1) is 11.9 Å². The van der Waals surface area contributed by atoms with E-state index in [1.807, 2.05) is 5.38 Å². The number of aryl methyl sites for hydroxylation is 1. The van der Waals surface area contributed by atoms with E-state index in [4.69, 9.17) is 5.73 Å². The number of carbonyl (C=O) groups is 1. The lowest BCUT2D eigenvalue weighted by atomic mass is 10.0. The summed E-state index contributed by atoms with van der Waals surface area (Å²) in [7, 11) is 0. The number of hydrogen-bond acceptors (Lipinski definition) is 7. The Morgan fingerprint density at radius 1 is 1.50 bits per heavy atom. The first-order chi connectivity index (χ1) is 11.7. The maximum Gasteiger partial charge on any atom is 0.273 e. The molecule has 0 spiro atoms. The average molecular weight is 349 g/mol. The van der Waals surface area contributed by atoms with E-state index in [-0.39, 0.29) is 5.91 Å². The fraction of sp³-hybridized carbons (Fsp3) is 0.600. The topological polar surface area (TPSA) is 111 Å². The Balaban J connectivity index is 1.41. The molecule has 1 aliphatic rings. The van der Waals surface area contributed by atoms with Crippen LogP contribution in [-0.4, -0.2) is 45.0 Å². The molecule has 2 aromatic rings. The van der Waals surface area contributed by atoms with Crippen LogP contribution in [0.3, 0.4) is 0 Å². The molecule has 4 N–H and O–H groups in total. The largest absolute Gasteiger partial charge is 0.375 e. The molecule has 8 nitrogen and oxygen atoms in total. The van der Waals surface area contributed by atoms with Gasteiger partial charge in [0, 0.05) is 30.9 Å². The molecule has 3 heterocycles. The molecule has 1 amide bonds. The summed E-state index contributed by atoms with van der Waals surface area (Å²) >= 11 is 1.40. The molecule has 0 saturated carbocycles. The third kappa shape index (κ3) is 4.75. The fourth-order valence-electron chi connectivity index (χ4n) is 2.80. The zero-order valence-corrected chi connectivity index (χ0v) is 14.4. The molecule has 1 atom stereocenters. The molecule has 9 heteroatoms. The highest BCUT2D eigenvalue weighted by molar-refractivity contribution is 7.13. The molecular weight excluding hydrogens is 326 g/mol. The number of nitrogens with one attached hydrogen (secondary N) is 2. The highest BCUT2D eigenvalue weighted by Crippen LogP contribution is 2.11.